The molecule has 0 bridgehead atoms. The van der Waals surface area contributed by atoms with E-state index in [2.05, 4.69) is 37.4 Å². The van der Waals surface area contributed by atoms with Crippen LogP contribution in [0.3, 0.4) is 0 Å². The van der Waals surface area contributed by atoms with Crippen molar-refractivity contribution >= 4 is 23.6 Å². The number of benzene rings is 2. The molecule has 0 aromatic heterocycles. The van der Waals surface area contributed by atoms with Crippen LogP contribution in [0.25, 0.3) is 0 Å². The fourth-order valence-electron chi connectivity index (χ4n) is 3.74. The minimum Gasteiger partial charge on any atom is -0.352 e. The molecule has 0 heterocycles. The van der Waals surface area contributed by atoms with Crippen molar-refractivity contribution in [2.75, 3.05) is 5.75 Å². The Morgan fingerprint density at radius 1 is 0.906 bits per heavy atom. The molecule has 5 heteroatoms. The molecule has 32 heavy (non-hydrogen) atoms. The second-order valence-electron chi connectivity index (χ2n) is 8.74. The third-order valence-corrected chi connectivity index (χ3v) is 6.62. The largest absolute Gasteiger partial charge is 0.352 e. The minimum atomic E-state index is -0.473. The van der Waals surface area contributed by atoms with E-state index in [0.29, 0.717) is 18.7 Å². The molecule has 0 unspecified atom stereocenters. The van der Waals surface area contributed by atoms with Crippen LogP contribution in [0.1, 0.15) is 61.4 Å². The molecule has 2 rings (SSSR count). The molecular weight excluding hydrogens is 416 g/mol. The Labute approximate surface area is 198 Å². The molecule has 0 aliphatic carbocycles. The lowest BCUT2D eigenvalue weighted by molar-refractivity contribution is -0.139. The normalized spacial score (nSPS) is 12.8. The molecular formula is C27H38N2O2S. The average molecular weight is 455 g/mol. The van der Waals surface area contributed by atoms with E-state index in [-0.39, 0.29) is 17.9 Å². The summed E-state index contributed by atoms with van der Waals surface area (Å²) < 4.78 is 0. The predicted octanol–water partition coefficient (Wildman–Crippen LogP) is 5.57. The van der Waals surface area contributed by atoms with Crippen LogP contribution in [0, 0.1) is 20.8 Å². The van der Waals surface area contributed by atoms with Crippen LogP contribution in [-0.4, -0.2) is 34.6 Å². The van der Waals surface area contributed by atoms with Crippen LogP contribution >= 0.6 is 11.8 Å². The summed E-state index contributed by atoms with van der Waals surface area (Å²) in [4.78, 5) is 28.1. The summed E-state index contributed by atoms with van der Waals surface area (Å²) in [5.41, 5.74) is 5.92. The summed E-state index contributed by atoms with van der Waals surface area (Å²) in [6, 6.07) is 14.3. The van der Waals surface area contributed by atoms with E-state index in [4.69, 9.17) is 0 Å². The third kappa shape index (κ3) is 8.01. The molecule has 0 radical (unpaired) electrons. The highest BCUT2D eigenvalue weighted by molar-refractivity contribution is 7.99. The zero-order chi connectivity index (χ0) is 23.7. The monoisotopic (exact) mass is 454 g/mol. The summed E-state index contributed by atoms with van der Waals surface area (Å²) in [7, 11) is 0. The van der Waals surface area contributed by atoms with Gasteiger partial charge in [-0.2, -0.15) is 0 Å². The molecule has 2 aromatic carbocycles. The quantitative estimate of drug-likeness (QED) is 0.483. The first-order valence-corrected chi connectivity index (χ1v) is 12.7. The number of thioether (sulfide) groups is 1. The lowest BCUT2D eigenvalue weighted by Crippen LogP contribution is -2.51. The van der Waals surface area contributed by atoms with Gasteiger partial charge in [-0.15, -0.1) is 11.8 Å². The highest BCUT2D eigenvalue weighted by Gasteiger charge is 2.29. The molecule has 174 valence electrons. The fraction of sp³-hybridized carbons (Fsp3) is 0.481. The Hall–Kier alpha value is -2.27. The maximum absolute atomic E-state index is 13.3. The summed E-state index contributed by atoms with van der Waals surface area (Å²) in [6.45, 7) is 12.7. The van der Waals surface area contributed by atoms with Gasteiger partial charge in [-0.25, -0.2) is 0 Å². The molecule has 2 atom stereocenters. The molecule has 0 aliphatic heterocycles. The molecule has 2 amide bonds. The van der Waals surface area contributed by atoms with E-state index in [0.717, 1.165) is 17.7 Å². The second kappa shape index (κ2) is 12.7. The zero-order valence-corrected chi connectivity index (χ0v) is 21.2. The maximum atomic E-state index is 13.3. The topological polar surface area (TPSA) is 49.4 Å². The SMILES string of the molecule is CC[C@@H](C)NC(=O)[C@@H](CC)N(Cc1ccc(C)cc1)C(=O)CSCc1cc(C)cc(C)c1. The first-order chi connectivity index (χ1) is 15.2. The van der Waals surface area contributed by atoms with Crippen molar-refractivity contribution in [3.8, 4) is 0 Å². The lowest BCUT2D eigenvalue weighted by atomic mass is 10.1. The summed E-state index contributed by atoms with van der Waals surface area (Å²) >= 11 is 1.61. The average Bonchev–Trinajstić information content (AvgIpc) is 2.74. The Balaban J connectivity index is 2.14. The predicted molar refractivity (Wildman–Crippen MR) is 136 cm³/mol. The van der Waals surface area contributed by atoms with Gasteiger partial charge >= 0.3 is 0 Å². The van der Waals surface area contributed by atoms with E-state index in [1.165, 1.54) is 22.3 Å². The van der Waals surface area contributed by atoms with Crippen LogP contribution < -0.4 is 5.32 Å². The number of rotatable bonds is 11. The first-order valence-electron chi connectivity index (χ1n) is 11.5. The van der Waals surface area contributed by atoms with Crippen LogP contribution in [0.2, 0.25) is 0 Å². The third-order valence-electron chi connectivity index (χ3n) is 5.64. The van der Waals surface area contributed by atoms with Gasteiger partial charge < -0.3 is 10.2 Å². The minimum absolute atomic E-state index is 0.00565. The Kier molecular flexibility index (Phi) is 10.3. The van der Waals surface area contributed by atoms with Crippen LogP contribution in [-0.2, 0) is 21.9 Å². The van der Waals surface area contributed by atoms with Crippen LogP contribution in [0.5, 0.6) is 0 Å². The Morgan fingerprint density at radius 3 is 2.09 bits per heavy atom. The van der Waals surface area contributed by atoms with Crippen LogP contribution in [0.15, 0.2) is 42.5 Å². The number of aryl methyl sites for hydroxylation is 3. The smallest absolute Gasteiger partial charge is 0.243 e. The van der Waals surface area contributed by atoms with Crippen molar-refractivity contribution in [2.24, 2.45) is 0 Å². The number of hydrogen-bond donors (Lipinski definition) is 1. The molecule has 0 spiro atoms. The van der Waals surface area contributed by atoms with Gasteiger partial charge in [0.15, 0.2) is 0 Å². The standard InChI is InChI=1S/C27H38N2O2S/c1-7-22(6)28-27(31)25(8-2)29(16-23-11-9-19(3)10-12-23)26(30)18-32-17-24-14-20(4)13-21(5)15-24/h9-15,22,25H,7-8,16-18H2,1-6H3,(H,28,31)/t22-,25-/m1/s1. The number of nitrogens with one attached hydrogen (secondary N) is 1. The van der Waals surface area contributed by atoms with Gasteiger partial charge in [0.25, 0.3) is 0 Å². The molecule has 4 nitrogen and oxygen atoms in total. The summed E-state index contributed by atoms with van der Waals surface area (Å²) in [6.07, 6.45) is 1.45. The van der Waals surface area contributed by atoms with E-state index >= 15 is 0 Å². The zero-order valence-electron chi connectivity index (χ0n) is 20.4. The van der Waals surface area contributed by atoms with Crippen molar-refractivity contribution in [2.45, 2.75) is 78.8 Å². The fourth-order valence-corrected chi connectivity index (χ4v) is 4.59. The van der Waals surface area contributed by atoms with Gasteiger partial charge in [-0.05, 0) is 51.7 Å². The van der Waals surface area contributed by atoms with Gasteiger partial charge in [0.1, 0.15) is 6.04 Å². The highest BCUT2D eigenvalue weighted by Crippen LogP contribution is 2.19. The number of hydrogen-bond acceptors (Lipinski definition) is 3. The second-order valence-corrected chi connectivity index (χ2v) is 9.72. The summed E-state index contributed by atoms with van der Waals surface area (Å²) in [5.74, 6) is 1.07. The molecule has 1 N–H and O–H groups in total. The van der Waals surface area contributed by atoms with Crippen molar-refractivity contribution in [1.82, 2.24) is 10.2 Å². The highest BCUT2D eigenvalue weighted by atomic mass is 32.2. The van der Waals surface area contributed by atoms with Crippen molar-refractivity contribution < 1.29 is 9.59 Å². The number of carbonyl (C=O) groups is 2. The molecule has 0 saturated carbocycles. The lowest BCUT2D eigenvalue weighted by Gasteiger charge is -2.31. The van der Waals surface area contributed by atoms with Crippen LogP contribution in [0.4, 0.5) is 0 Å². The summed E-state index contributed by atoms with van der Waals surface area (Å²) in [5, 5.41) is 3.07. The molecule has 0 saturated heterocycles. The van der Waals surface area contributed by atoms with Crippen molar-refractivity contribution in [1.29, 1.82) is 0 Å². The van der Waals surface area contributed by atoms with Gasteiger partial charge in [0.05, 0.1) is 5.75 Å². The molecule has 0 aliphatic rings. The van der Waals surface area contributed by atoms with Crippen molar-refractivity contribution in [3.05, 3.63) is 70.3 Å². The molecule has 2 aromatic rings. The van der Waals surface area contributed by atoms with E-state index < -0.39 is 6.04 Å². The van der Waals surface area contributed by atoms with Gasteiger partial charge in [0.2, 0.25) is 11.8 Å². The molecule has 0 fully saturated rings. The number of amides is 2. The first kappa shape index (κ1) is 26.0. The van der Waals surface area contributed by atoms with Gasteiger partial charge in [-0.1, -0.05) is 73.0 Å². The Bertz CT molecular complexity index is 875. The van der Waals surface area contributed by atoms with E-state index in [1.54, 1.807) is 16.7 Å². The Morgan fingerprint density at radius 2 is 1.53 bits per heavy atom. The van der Waals surface area contributed by atoms with Gasteiger partial charge in [-0.3, -0.25) is 9.59 Å². The van der Waals surface area contributed by atoms with E-state index in [9.17, 15) is 9.59 Å². The maximum Gasteiger partial charge on any atom is 0.243 e. The van der Waals surface area contributed by atoms with Gasteiger partial charge in [0, 0.05) is 18.3 Å². The number of nitrogens with zero attached hydrogens (tertiary/aromatic N) is 1. The number of carbonyl (C=O) groups excluding carboxylic acids is 2. The van der Waals surface area contributed by atoms with E-state index in [1.807, 2.05) is 52.0 Å². The van der Waals surface area contributed by atoms with Crippen molar-refractivity contribution in [3.63, 3.8) is 0 Å².